The van der Waals surface area contributed by atoms with Crippen molar-refractivity contribution in [3.8, 4) is 0 Å². The Morgan fingerprint density at radius 2 is 2.14 bits per heavy atom. The molecule has 4 rings (SSSR count). The first-order chi connectivity index (χ1) is 10.4. The van der Waals surface area contributed by atoms with Gasteiger partial charge in [0.1, 0.15) is 0 Å². The molecule has 0 spiro atoms. The number of aromatic nitrogens is 2. The molecule has 1 unspecified atom stereocenters. The lowest BCUT2D eigenvalue weighted by atomic mass is 9.96. The van der Waals surface area contributed by atoms with Crippen LogP contribution in [0.3, 0.4) is 0 Å². The highest BCUT2D eigenvalue weighted by molar-refractivity contribution is 5.30. The molecule has 0 amide bonds. The second-order valence-corrected chi connectivity index (χ2v) is 5.79. The van der Waals surface area contributed by atoms with Gasteiger partial charge in [-0.15, -0.1) is 0 Å². The smallest absolute Gasteiger partial charge is 0.244 e. The summed E-state index contributed by atoms with van der Waals surface area (Å²) in [4.78, 5) is 4.55. The third-order valence-electron chi connectivity index (χ3n) is 4.30. The minimum atomic E-state index is 0.116. The first kappa shape index (κ1) is 13.0. The molecule has 0 radical (unpaired) electrons. The second-order valence-electron chi connectivity index (χ2n) is 5.79. The summed E-state index contributed by atoms with van der Waals surface area (Å²) in [5.74, 6) is 1.45. The minimum Gasteiger partial charge on any atom is -0.378 e. The van der Waals surface area contributed by atoms with E-state index in [9.17, 15) is 0 Å². The number of rotatable bonds is 3. The third-order valence-corrected chi connectivity index (χ3v) is 4.30. The van der Waals surface area contributed by atoms with Gasteiger partial charge in [-0.05, 0) is 30.4 Å². The van der Waals surface area contributed by atoms with Crippen LogP contribution in [0.25, 0.3) is 0 Å². The molecule has 1 aromatic heterocycles. The SMILES string of the molecule is c1ccc2c(c1)CN[C@@H](c1nc(CC3CCCO3)no1)C2. The van der Waals surface area contributed by atoms with Crippen molar-refractivity contribution in [2.24, 2.45) is 0 Å². The molecule has 2 atom stereocenters. The van der Waals surface area contributed by atoms with Crippen LogP contribution in [0.15, 0.2) is 28.8 Å². The Labute approximate surface area is 123 Å². The van der Waals surface area contributed by atoms with Crippen LogP contribution in [0.2, 0.25) is 0 Å². The van der Waals surface area contributed by atoms with Crippen LogP contribution in [0.4, 0.5) is 0 Å². The zero-order chi connectivity index (χ0) is 14.1. The van der Waals surface area contributed by atoms with Crippen molar-refractivity contribution < 1.29 is 9.26 Å². The Hall–Kier alpha value is -1.72. The van der Waals surface area contributed by atoms with Gasteiger partial charge in [0.05, 0.1) is 12.1 Å². The predicted octanol–water partition coefficient (Wildman–Crippen LogP) is 2.18. The average Bonchev–Trinajstić information content (AvgIpc) is 3.19. The Morgan fingerprint density at radius 1 is 1.24 bits per heavy atom. The van der Waals surface area contributed by atoms with Crippen LogP contribution < -0.4 is 5.32 Å². The number of hydrogen-bond donors (Lipinski definition) is 1. The summed E-state index contributed by atoms with van der Waals surface area (Å²) in [6, 6.07) is 8.61. The van der Waals surface area contributed by atoms with Crippen molar-refractivity contribution in [2.75, 3.05) is 6.61 Å². The van der Waals surface area contributed by atoms with Gasteiger partial charge in [0.2, 0.25) is 5.89 Å². The van der Waals surface area contributed by atoms with Crippen LogP contribution in [-0.2, 0) is 24.1 Å². The van der Waals surface area contributed by atoms with Crippen LogP contribution in [0, 0.1) is 0 Å². The molecule has 5 nitrogen and oxygen atoms in total. The summed E-state index contributed by atoms with van der Waals surface area (Å²) in [5.41, 5.74) is 2.72. The Kier molecular flexibility index (Phi) is 3.45. The summed E-state index contributed by atoms with van der Waals surface area (Å²) >= 11 is 0. The molecule has 2 aromatic rings. The largest absolute Gasteiger partial charge is 0.378 e. The van der Waals surface area contributed by atoms with Crippen LogP contribution in [0.1, 0.15) is 41.7 Å². The quantitative estimate of drug-likeness (QED) is 0.936. The van der Waals surface area contributed by atoms with Crippen molar-refractivity contribution >= 4 is 0 Å². The van der Waals surface area contributed by atoms with Gasteiger partial charge in [-0.25, -0.2) is 0 Å². The average molecular weight is 285 g/mol. The fourth-order valence-electron chi connectivity index (χ4n) is 3.13. The van der Waals surface area contributed by atoms with E-state index in [1.165, 1.54) is 11.1 Å². The summed E-state index contributed by atoms with van der Waals surface area (Å²) in [6.45, 7) is 1.71. The Morgan fingerprint density at radius 3 is 3.00 bits per heavy atom. The van der Waals surface area contributed by atoms with Gasteiger partial charge >= 0.3 is 0 Å². The van der Waals surface area contributed by atoms with Gasteiger partial charge in [-0.1, -0.05) is 29.4 Å². The zero-order valence-electron chi connectivity index (χ0n) is 11.9. The van der Waals surface area contributed by atoms with Crippen molar-refractivity contribution in [3.63, 3.8) is 0 Å². The molecular formula is C16H19N3O2. The number of nitrogens with zero attached hydrogens (tertiary/aromatic N) is 2. The van der Waals surface area contributed by atoms with Crippen LogP contribution in [0.5, 0.6) is 0 Å². The maximum atomic E-state index is 5.62. The van der Waals surface area contributed by atoms with Gasteiger partial charge < -0.3 is 14.6 Å². The Balaban J connectivity index is 1.46. The van der Waals surface area contributed by atoms with Crippen molar-refractivity contribution in [2.45, 2.75) is 44.4 Å². The predicted molar refractivity (Wildman–Crippen MR) is 76.7 cm³/mol. The van der Waals surface area contributed by atoms with Crippen LogP contribution >= 0.6 is 0 Å². The molecule has 1 N–H and O–H groups in total. The first-order valence-electron chi connectivity index (χ1n) is 7.63. The summed E-state index contributed by atoms with van der Waals surface area (Å²) in [7, 11) is 0. The lowest BCUT2D eigenvalue weighted by molar-refractivity contribution is 0.109. The summed E-state index contributed by atoms with van der Waals surface area (Å²) < 4.78 is 11.1. The lowest BCUT2D eigenvalue weighted by Crippen LogP contribution is -2.28. The van der Waals surface area contributed by atoms with Gasteiger partial charge in [-0.2, -0.15) is 4.98 Å². The van der Waals surface area contributed by atoms with Crippen LogP contribution in [-0.4, -0.2) is 22.9 Å². The van der Waals surface area contributed by atoms with E-state index < -0.39 is 0 Å². The Bertz CT molecular complexity index is 619. The maximum Gasteiger partial charge on any atom is 0.244 e. The molecule has 0 saturated carbocycles. The van der Waals surface area contributed by atoms with Gasteiger partial charge in [0.15, 0.2) is 5.82 Å². The topological polar surface area (TPSA) is 60.2 Å². The monoisotopic (exact) mass is 285 g/mol. The molecule has 1 fully saturated rings. The highest BCUT2D eigenvalue weighted by Gasteiger charge is 2.25. The molecule has 0 bridgehead atoms. The maximum absolute atomic E-state index is 5.62. The molecule has 2 aliphatic rings. The minimum absolute atomic E-state index is 0.116. The highest BCUT2D eigenvalue weighted by atomic mass is 16.5. The summed E-state index contributed by atoms with van der Waals surface area (Å²) in [6.07, 6.45) is 4.15. The molecule has 2 aliphatic heterocycles. The van der Waals surface area contributed by atoms with Crippen molar-refractivity contribution in [3.05, 3.63) is 47.1 Å². The zero-order valence-corrected chi connectivity index (χ0v) is 11.9. The standard InChI is InChI=1S/C16H19N3O2/c1-2-5-12-10-17-14(8-11(12)4-1)16-18-15(19-21-16)9-13-6-3-7-20-13/h1-2,4-5,13-14,17H,3,6-10H2/t13?,14-/m1/s1. The molecular weight excluding hydrogens is 266 g/mol. The molecule has 21 heavy (non-hydrogen) atoms. The fraction of sp³-hybridized carbons (Fsp3) is 0.500. The molecule has 0 aliphatic carbocycles. The molecule has 1 aromatic carbocycles. The van der Waals surface area contributed by atoms with E-state index in [2.05, 4.69) is 39.7 Å². The highest BCUT2D eigenvalue weighted by Crippen LogP contribution is 2.25. The van der Waals surface area contributed by atoms with Crippen molar-refractivity contribution in [1.82, 2.24) is 15.5 Å². The number of nitrogens with one attached hydrogen (secondary N) is 1. The van der Waals surface area contributed by atoms with E-state index in [0.29, 0.717) is 5.89 Å². The number of fused-ring (bicyclic) bond motifs is 1. The van der Waals surface area contributed by atoms with E-state index in [1.54, 1.807) is 0 Å². The third kappa shape index (κ3) is 2.71. The lowest BCUT2D eigenvalue weighted by Gasteiger charge is -2.23. The van der Waals surface area contributed by atoms with E-state index in [1.807, 2.05) is 0 Å². The number of ether oxygens (including phenoxy) is 1. The molecule has 1 saturated heterocycles. The van der Waals surface area contributed by atoms with E-state index in [0.717, 1.165) is 44.7 Å². The van der Waals surface area contributed by atoms with E-state index >= 15 is 0 Å². The fourth-order valence-corrected chi connectivity index (χ4v) is 3.13. The summed E-state index contributed by atoms with van der Waals surface area (Å²) in [5, 5.41) is 7.58. The van der Waals surface area contributed by atoms with Gasteiger partial charge in [-0.3, -0.25) is 0 Å². The molecule has 5 heteroatoms. The second kappa shape index (κ2) is 5.58. The van der Waals surface area contributed by atoms with Gasteiger partial charge in [0, 0.05) is 19.6 Å². The van der Waals surface area contributed by atoms with E-state index in [4.69, 9.17) is 9.26 Å². The normalized spacial score (nSPS) is 25.0. The molecule has 3 heterocycles. The van der Waals surface area contributed by atoms with Gasteiger partial charge in [0.25, 0.3) is 0 Å². The van der Waals surface area contributed by atoms with Crippen molar-refractivity contribution in [1.29, 1.82) is 0 Å². The number of hydrogen-bond acceptors (Lipinski definition) is 5. The first-order valence-corrected chi connectivity index (χ1v) is 7.63. The number of benzene rings is 1. The molecule has 110 valence electrons. The van der Waals surface area contributed by atoms with E-state index in [-0.39, 0.29) is 12.1 Å².